The van der Waals surface area contributed by atoms with E-state index in [1.165, 1.54) is 6.20 Å². The molecular formula is C4H7N5. The Balaban J connectivity index is 2.94. The van der Waals surface area contributed by atoms with Crippen LogP contribution in [0.15, 0.2) is 12.3 Å². The zero-order valence-corrected chi connectivity index (χ0v) is 4.70. The molecule has 48 valence electrons. The topological polar surface area (TPSA) is 89.8 Å². The molecule has 0 amide bonds. The van der Waals surface area contributed by atoms with E-state index in [2.05, 4.69) is 15.6 Å². The second-order valence-electron chi connectivity index (χ2n) is 1.52. The van der Waals surface area contributed by atoms with Crippen molar-refractivity contribution in [3.63, 3.8) is 0 Å². The summed E-state index contributed by atoms with van der Waals surface area (Å²) in [6.07, 6.45) is 1.45. The van der Waals surface area contributed by atoms with Gasteiger partial charge in [0, 0.05) is 6.07 Å². The molecule has 0 aliphatic heterocycles. The monoisotopic (exact) mass is 125 g/mol. The molecular weight excluding hydrogens is 118 g/mol. The van der Waals surface area contributed by atoms with Crippen molar-refractivity contribution in [2.24, 2.45) is 5.84 Å². The van der Waals surface area contributed by atoms with E-state index in [1.54, 1.807) is 6.07 Å². The Kier molecular flexibility index (Phi) is 1.46. The molecule has 0 unspecified atom stereocenters. The second-order valence-corrected chi connectivity index (χ2v) is 1.52. The third-order valence-electron chi connectivity index (χ3n) is 0.824. The highest BCUT2D eigenvalue weighted by atomic mass is 15.3. The molecule has 0 spiro atoms. The predicted molar refractivity (Wildman–Crippen MR) is 34.3 cm³/mol. The van der Waals surface area contributed by atoms with Gasteiger partial charge in [0.05, 0.1) is 11.9 Å². The molecule has 0 fully saturated rings. The normalized spacial score (nSPS) is 9.00. The lowest BCUT2D eigenvalue weighted by Gasteiger charge is -1.95. The minimum Gasteiger partial charge on any atom is -0.397 e. The van der Waals surface area contributed by atoms with E-state index in [-0.39, 0.29) is 0 Å². The molecule has 0 bridgehead atoms. The molecule has 5 nitrogen and oxygen atoms in total. The van der Waals surface area contributed by atoms with Crippen molar-refractivity contribution < 1.29 is 0 Å². The van der Waals surface area contributed by atoms with Crippen molar-refractivity contribution in [2.45, 2.75) is 0 Å². The van der Waals surface area contributed by atoms with E-state index in [4.69, 9.17) is 11.6 Å². The van der Waals surface area contributed by atoms with Gasteiger partial charge in [0.1, 0.15) is 0 Å². The van der Waals surface area contributed by atoms with Gasteiger partial charge < -0.3 is 11.2 Å². The van der Waals surface area contributed by atoms with E-state index in [9.17, 15) is 0 Å². The van der Waals surface area contributed by atoms with E-state index >= 15 is 0 Å². The molecule has 1 aromatic rings. The van der Waals surface area contributed by atoms with Gasteiger partial charge in [-0.1, -0.05) is 0 Å². The van der Waals surface area contributed by atoms with E-state index in [0.29, 0.717) is 11.5 Å². The summed E-state index contributed by atoms with van der Waals surface area (Å²) in [5.41, 5.74) is 8.19. The van der Waals surface area contributed by atoms with Crippen LogP contribution >= 0.6 is 0 Å². The Morgan fingerprint density at radius 1 is 1.56 bits per heavy atom. The zero-order chi connectivity index (χ0) is 6.69. The molecule has 0 radical (unpaired) electrons. The van der Waals surface area contributed by atoms with Crippen LogP contribution in [0.3, 0.4) is 0 Å². The first-order valence-corrected chi connectivity index (χ1v) is 2.38. The number of nitrogens with zero attached hydrogens (tertiary/aromatic N) is 2. The van der Waals surface area contributed by atoms with Gasteiger partial charge in [0.25, 0.3) is 0 Å². The smallest absolute Gasteiger partial charge is 0.164 e. The second kappa shape index (κ2) is 2.27. The van der Waals surface area contributed by atoms with Gasteiger partial charge >= 0.3 is 0 Å². The largest absolute Gasteiger partial charge is 0.397 e. The summed E-state index contributed by atoms with van der Waals surface area (Å²) in [4.78, 5) is 0. The fourth-order valence-corrected chi connectivity index (χ4v) is 0.452. The summed E-state index contributed by atoms with van der Waals surface area (Å²) in [6, 6.07) is 1.59. The predicted octanol–water partition coefficient (Wildman–Crippen LogP) is -0.656. The van der Waals surface area contributed by atoms with Crippen LogP contribution in [0.4, 0.5) is 11.5 Å². The van der Waals surface area contributed by atoms with Gasteiger partial charge in [-0.25, -0.2) is 5.84 Å². The maximum Gasteiger partial charge on any atom is 0.164 e. The molecule has 0 saturated heterocycles. The number of anilines is 2. The first-order valence-electron chi connectivity index (χ1n) is 2.38. The van der Waals surface area contributed by atoms with Crippen molar-refractivity contribution >= 4 is 11.5 Å². The van der Waals surface area contributed by atoms with Crippen LogP contribution in [0.25, 0.3) is 0 Å². The Bertz CT molecular complexity index is 198. The highest BCUT2D eigenvalue weighted by Gasteiger charge is 1.88. The van der Waals surface area contributed by atoms with Crippen molar-refractivity contribution in [1.29, 1.82) is 0 Å². The van der Waals surface area contributed by atoms with Crippen LogP contribution < -0.4 is 17.0 Å². The molecule has 0 atom stereocenters. The Hall–Kier alpha value is -1.36. The minimum atomic E-state index is 0.468. The molecule has 0 aliphatic carbocycles. The number of hydrazine groups is 1. The third kappa shape index (κ3) is 1.26. The number of hydrogen-bond acceptors (Lipinski definition) is 5. The first kappa shape index (κ1) is 5.77. The van der Waals surface area contributed by atoms with E-state index in [1.807, 2.05) is 0 Å². The van der Waals surface area contributed by atoms with Crippen LogP contribution in [-0.2, 0) is 0 Å². The highest BCUT2D eigenvalue weighted by molar-refractivity contribution is 5.45. The number of nitrogens with two attached hydrogens (primary N) is 2. The Morgan fingerprint density at radius 3 is 2.78 bits per heavy atom. The van der Waals surface area contributed by atoms with Crippen LogP contribution in [-0.4, -0.2) is 10.2 Å². The van der Waals surface area contributed by atoms with Crippen LogP contribution in [0.5, 0.6) is 0 Å². The average Bonchev–Trinajstić information content (AvgIpc) is 1.88. The molecule has 1 rings (SSSR count). The highest BCUT2D eigenvalue weighted by Crippen LogP contribution is 2.02. The van der Waals surface area contributed by atoms with Crippen molar-refractivity contribution in [1.82, 2.24) is 10.2 Å². The summed E-state index contributed by atoms with van der Waals surface area (Å²) in [6.45, 7) is 0. The van der Waals surface area contributed by atoms with Crippen molar-refractivity contribution in [3.8, 4) is 0 Å². The minimum absolute atomic E-state index is 0.468. The van der Waals surface area contributed by atoms with Crippen LogP contribution in [0, 0.1) is 0 Å². The van der Waals surface area contributed by atoms with Gasteiger partial charge in [-0.05, 0) is 0 Å². The summed E-state index contributed by atoms with van der Waals surface area (Å²) in [5.74, 6) is 5.48. The third-order valence-corrected chi connectivity index (χ3v) is 0.824. The molecule has 1 heterocycles. The fraction of sp³-hybridized carbons (Fsp3) is 0. The maximum atomic E-state index is 5.34. The first-order chi connectivity index (χ1) is 4.33. The molecule has 5 N–H and O–H groups in total. The van der Waals surface area contributed by atoms with Crippen molar-refractivity contribution in [3.05, 3.63) is 12.3 Å². The summed E-state index contributed by atoms with van der Waals surface area (Å²) < 4.78 is 0. The van der Waals surface area contributed by atoms with Crippen LogP contribution in [0.2, 0.25) is 0 Å². The lowest BCUT2D eigenvalue weighted by atomic mass is 10.5. The van der Waals surface area contributed by atoms with Gasteiger partial charge in [-0.2, -0.15) is 5.10 Å². The molecule has 9 heavy (non-hydrogen) atoms. The number of nitrogen functional groups attached to an aromatic ring is 2. The Labute approximate surface area is 52.0 Å². The van der Waals surface area contributed by atoms with Gasteiger partial charge in [-0.15, -0.1) is 5.10 Å². The number of nitrogens with one attached hydrogen (secondary N) is 1. The molecule has 5 heteroatoms. The van der Waals surface area contributed by atoms with Gasteiger partial charge in [0.2, 0.25) is 0 Å². The fourth-order valence-electron chi connectivity index (χ4n) is 0.452. The van der Waals surface area contributed by atoms with Crippen molar-refractivity contribution in [2.75, 3.05) is 11.2 Å². The number of hydrogen-bond donors (Lipinski definition) is 3. The average molecular weight is 125 g/mol. The van der Waals surface area contributed by atoms with E-state index < -0.39 is 0 Å². The Morgan fingerprint density at radius 2 is 2.33 bits per heavy atom. The van der Waals surface area contributed by atoms with Gasteiger partial charge in [0.15, 0.2) is 5.82 Å². The summed E-state index contributed by atoms with van der Waals surface area (Å²) >= 11 is 0. The summed E-state index contributed by atoms with van der Waals surface area (Å²) in [7, 11) is 0. The number of aromatic nitrogens is 2. The summed E-state index contributed by atoms with van der Waals surface area (Å²) in [5, 5.41) is 7.13. The maximum absolute atomic E-state index is 5.34. The standard InChI is InChI=1S/C4H7N5/c5-3-1-4(8-6)9-7-2-3/h1-2H,6H2,(H3,5,8,9). The molecule has 0 aromatic carbocycles. The molecule has 0 saturated carbocycles. The zero-order valence-electron chi connectivity index (χ0n) is 4.70. The SMILES string of the molecule is NNc1cc(N)cnn1. The molecule has 1 aromatic heterocycles. The molecule has 0 aliphatic rings. The lowest BCUT2D eigenvalue weighted by Crippen LogP contribution is -2.09. The van der Waals surface area contributed by atoms with Gasteiger partial charge in [-0.3, -0.25) is 0 Å². The number of rotatable bonds is 1. The lowest BCUT2D eigenvalue weighted by molar-refractivity contribution is 1.02. The van der Waals surface area contributed by atoms with E-state index in [0.717, 1.165) is 0 Å². The quantitative estimate of drug-likeness (QED) is 0.342. The van der Waals surface area contributed by atoms with Crippen LogP contribution in [0.1, 0.15) is 0 Å².